The molecule has 1 amide bonds. The van der Waals surface area contributed by atoms with Gasteiger partial charge in [-0.1, -0.05) is 24.3 Å². The number of carbonyl (C=O) groups is 1. The molecule has 2 aromatic carbocycles. The minimum absolute atomic E-state index is 0.0245. The van der Waals surface area contributed by atoms with Gasteiger partial charge in [0.15, 0.2) is 0 Å². The number of ether oxygens (including phenoxy) is 1. The number of para-hydroxylation sites is 2. The molecule has 1 N–H and O–H groups in total. The van der Waals surface area contributed by atoms with Crippen LogP contribution in [0.3, 0.4) is 0 Å². The number of nitrogens with one attached hydrogen (secondary N) is 1. The van der Waals surface area contributed by atoms with Crippen LogP contribution in [0, 0.1) is 5.82 Å². The van der Waals surface area contributed by atoms with Crippen LogP contribution >= 0.6 is 0 Å². The molecule has 0 aliphatic heterocycles. The van der Waals surface area contributed by atoms with Crippen LogP contribution in [0.15, 0.2) is 77.7 Å². The fourth-order valence-electron chi connectivity index (χ4n) is 3.23. The number of fused-ring (bicyclic) bond motifs is 1. The summed E-state index contributed by atoms with van der Waals surface area (Å²) < 4.78 is 19.9. The largest absolute Gasteiger partial charge is 0.495 e. The van der Waals surface area contributed by atoms with Gasteiger partial charge in [-0.05, 0) is 48.0 Å². The first kappa shape index (κ1) is 19.3. The van der Waals surface area contributed by atoms with Crippen LogP contribution in [0.25, 0.3) is 11.0 Å². The van der Waals surface area contributed by atoms with E-state index in [1.54, 1.807) is 54.7 Å². The highest BCUT2D eigenvalue weighted by molar-refractivity contribution is 6.06. The van der Waals surface area contributed by atoms with Gasteiger partial charge < -0.3 is 10.1 Å². The molecule has 0 radical (unpaired) electrons. The zero-order chi connectivity index (χ0) is 21.1. The molecule has 0 saturated carbocycles. The fourth-order valence-corrected chi connectivity index (χ4v) is 3.23. The molecule has 4 rings (SSSR count). The third kappa shape index (κ3) is 3.77. The van der Waals surface area contributed by atoms with Gasteiger partial charge in [0, 0.05) is 11.6 Å². The number of methoxy groups -OCH3 is 1. The standard InChI is InChI=1S/C23H18FN3O3/c1-30-20-7-3-2-6-19(20)26-22(28)18-13-16-5-4-12-25-21(16)27(23(18)29)14-15-8-10-17(24)11-9-15/h2-13H,14H2,1H3,(H,26,28). The summed E-state index contributed by atoms with van der Waals surface area (Å²) in [6.07, 6.45) is 1.58. The molecule has 2 aromatic heterocycles. The monoisotopic (exact) mass is 403 g/mol. The lowest BCUT2D eigenvalue weighted by Gasteiger charge is -2.13. The number of anilines is 1. The number of halogens is 1. The molecule has 0 fully saturated rings. The summed E-state index contributed by atoms with van der Waals surface area (Å²) in [7, 11) is 1.50. The van der Waals surface area contributed by atoms with Gasteiger partial charge in [-0.2, -0.15) is 0 Å². The van der Waals surface area contributed by atoms with Crippen LogP contribution in [-0.4, -0.2) is 22.6 Å². The van der Waals surface area contributed by atoms with Crippen molar-refractivity contribution in [3.8, 4) is 5.75 Å². The predicted octanol–water partition coefficient (Wildman–Crippen LogP) is 3.84. The predicted molar refractivity (Wildman–Crippen MR) is 112 cm³/mol. The molecule has 30 heavy (non-hydrogen) atoms. The summed E-state index contributed by atoms with van der Waals surface area (Å²) in [5.74, 6) is -0.429. The number of pyridine rings is 2. The van der Waals surface area contributed by atoms with Crippen LogP contribution in [-0.2, 0) is 6.54 Å². The number of rotatable bonds is 5. The SMILES string of the molecule is COc1ccccc1NC(=O)c1cc2cccnc2n(Cc2ccc(F)cc2)c1=O. The second-order valence-corrected chi connectivity index (χ2v) is 6.65. The second-order valence-electron chi connectivity index (χ2n) is 6.65. The molecule has 0 bridgehead atoms. The molecule has 6 nitrogen and oxygen atoms in total. The summed E-state index contributed by atoms with van der Waals surface area (Å²) >= 11 is 0. The van der Waals surface area contributed by atoms with Crippen LogP contribution in [0.4, 0.5) is 10.1 Å². The summed E-state index contributed by atoms with van der Waals surface area (Å²) in [6.45, 7) is 0.155. The third-order valence-electron chi connectivity index (χ3n) is 4.70. The van der Waals surface area contributed by atoms with Gasteiger partial charge in [-0.15, -0.1) is 0 Å². The molecule has 0 aliphatic carbocycles. The van der Waals surface area contributed by atoms with Crippen LogP contribution in [0.5, 0.6) is 5.75 Å². The molecule has 7 heteroatoms. The second kappa shape index (κ2) is 8.16. The molecule has 0 atom stereocenters. The Morgan fingerprint density at radius 2 is 1.87 bits per heavy atom. The van der Waals surface area contributed by atoms with Gasteiger partial charge in [0.2, 0.25) is 0 Å². The first-order valence-electron chi connectivity index (χ1n) is 9.24. The van der Waals surface area contributed by atoms with Gasteiger partial charge in [0.05, 0.1) is 19.3 Å². The van der Waals surface area contributed by atoms with Gasteiger partial charge in [-0.25, -0.2) is 9.37 Å². The molecule has 0 spiro atoms. The zero-order valence-electron chi connectivity index (χ0n) is 16.1. The molecule has 4 aromatic rings. The van der Waals surface area contributed by atoms with Crippen molar-refractivity contribution in [3.63, 3.8) is 0 Å². The summed E-state index contributed by atoms with van der Waals surface area (Å²) in [5, 5.41) is 3.38. The average Bonchev–Trinajstić information content (AvgIpc) is 2.77. The van der Waals surface area contributed by atoms with Gasteiger partial charge in [0.25, 0.3) is 11.5 Å². The van der Waals surface area contributed by atoms with Crippen molar-refractivity contribution in [3.05, 3.63) is 100 Å². The molecule has 150 valence electrons. The van der Waals surface area contributed by atoms with Crippen LogP contribution in [0.2, 0.25) is 0 Å². The lowest BCUT2D eigenvalue weighted by Crippen LogP contribution is -2.30. The lowest BCUT2D eigenvalue weighted by atomic mass is 10.1. The smallest absolute Gasteiger partial charge is 0.265 e. The number of amides is 1. The maximum Gasteiger partial charge on any atom is 0.265 e. The topological polar surface area (TPSA) is 73.2 Å². The normalized spacial score (nSPS) is 10.7. The Hall–Kier alpha value is -4.00. The number of aromatic nitrogens is 2. The number of hydrogen-bond acceptors (Lipinski definition) is 4. The zero-order valence-corrected chi connectivity index (χ0v) is 16.1. The summed E-state index contributed by atoms with van der Waals surface area (Å²) in [6, 6.07) is 17.8. The Morgan fingerprint density at radius 1 is 1.10 bits per heavy atom. The van der Waals surface area contributed by atoms with Crippen molar-refractivity contribution < 1.29 is 13.9 Å². The van der Waals surface area contributed by atoms with Gasteiger partial charge in [-0.3, -0.25) is 14.2 Å². The molecule has 2 heterocycles. The van der Waals surface area contributed by atoms with E-state index in [4.69, 9.17) is 4.74 Å². The van der Waals surface area contributed by atoms with Crippen LogP contribution in [0.1, 0.15) is 15.9 Å². The van der Waals surface area contributed by atoms with Crippen molar-refractivity contribution in [2.24, 2.45) is 0 Å². The minimum atomic E-state index is -0.553. The third-order valence-corrected chi connectivity index (χ3v) is 4.70. The highest BCUT2D eigenvalue weighted by Gasteiger charge is 2.18. The van der Waals surface area contributed by atoms with E-state index in [0.29, 0.717) is 28.0 Å². The highest BCUT2D eigenvalue weighted by atomic mass is 19.1. The Balaban J connectivity index is 1.78. The van der Waals surface area contributed by atoms with Crippen molar-refractivity contribution in [1.82, 2.24) is 9.55 Å². The van der Waals surface area contributed by atoms with E-state index in [-0.39, 0.29) is 17.9 Å². The Morgan fingerprint density at radius 3 is 2.63 bits per heavy atom. The fraction of sp³-hybridized carbons (Fsp3) is 0.0870. The van der Waals surface area contributed by atoms with E-state index in [0.717, 1.165) is 0 Å². The number of hydrogen-bond donors (Lipinski definition) is 1. The molecular weight excluding hydrogens is 385 g/mol. The van der Waals surface area contributed by atoms with Crippen molar-refractivity contribution in [1.29, 1.82) is 0 Å². The van der Waals surface area contributed by atoms with E-state index >= 15 is 0 Å². The average molecular weight is 403 g/mol. The van der Waals surface area contributed by atoms with Gasteiger partial charge >= 0.3 is 0 Å². The maximum atomic E-state index is 13.3. The Kier molecular flexibility index (Phi) is 5.26. The lowest BCUT2D eigenvalue weighted by molar-refractivity contribution is 0.102. The maximum absolute atomic E-state index is 13.3. The molecule has 0 aliphatic rings. The molecular formula is C23H18FN3O3. The summed E-state index contributed by atoms with van der Waals surface area (Å²) in [5.41, 5.74) is 1.11. The van der Waals surface area contributed by atoms with E-state index in [1.165, 1.54) is 29.9 Å². The molecule has 0 unspecified atom stereocenters. The summed E-state index contributed by atoms with van der Waals surface area (Å²) in [4.78, 5) is 30.4. The van der Waals surface area contributed by atoms with Gasteiger partial charge in [0.1, 0.15) is 22.8 Å². The van der Waals surface area contributed by atoms with E-state index < -0.39 is 11.5 Å². The number of benzene rings is 2. The molecule has 0 saturated heterocycles. The van der Waals surface area contributed by atoms with Crippen molar-refractivity contribution in [2.75, 3.05) is 12.4 Å². The Bertz CT molecular complexity index is 1280. The minimum Gasteiger partial charge on any atom is -0.495 e. The number of carbonyl (C=O) groups excluding carboxylic acids is 1. The van der Waals surface area contributed by atoms with E-state index in [1.807, 2.05) is 0 Å². The quantitative estimate of drug-likeness (QED) is 0.549. The number of nitrogens with zero attached hydrogens (tertiary/aromatic N) is 2. The van der Waals surface area contributed by atoms with E-state index in [2.05, 4.69) is 10.3 Å². The highest BCUT2D eigenvalue weighted by Crippen LogP contribution is 2.23. The Labute approximate surface area is 171 Å². The van der Waals surface area contributed by atoms with Crippen LogP contribution < -0.4 is 15.6 Å². The van der Waals surface area contributed by atoms with Crippen molar-refractivity contribution in [2.45, 2.75) is 6.54 Å². The first-order valence-corrected chi connectivity index (χ1v) is 9.24. The first-order chi connectivity index (χ1) is 14.6. The van der Waals surface area contributed by atoms with E-state index in [9.17, 15) is 14.0 Å². The van der Waals surface area contributed by atoms with Crippen molar-refractivity contribution >= 4 is 22.6 Å².